The quantitative estimate of drug-likeness (QED) is 0.553. The van der Waals surface area contributed by atoms with E-state index in [0.29, 0.717) is 5.78 Å². The molecule has 0 heterocycles. The summed E-state index contributed by atoms with van der Waals surface area (Å²) in [5.74, 6) is 0.539. The molecule has 0 spiro atoms. The maximum Gasteiger partial charge on any atom is 0.165 e. The van der Waals surface area contributed by atoms with Gasteiger partial charge in [0.05, 0.1) is 0 Å². The summed E-state index contributed by atoms with van der Waals surface area (Å²) in [5.41, 5.74) is 2.18. The van der Waals surface area contributed by atoms with Crippen molar-refractivity contribution in [2.45, 2.75) is 26.2 Å². The van der Waals surface area contributed by atoms with Gasteiger partial charge in [-0.1, -0.05) is 31.2 Å². The van der Waals surface area contributed by atoms with Gasteiger partial charge in [0.15, 0.2) is 5.78 Å². The second-order valence-electron chi connectivity index (χ2n) is 3.81. The molecule has 0 amide bonds. The number of Topliss-reactive ketones (excluding diaryl/α,β-unsaturated/α-hetero) is 1. The van der Waals surface area contributed by atoms with E-state index < -0.39 is 0 Å². The zero-order valence-electron chi connectivity index (χ0n) is 7.92. The molecule has 1 aliphatic carbocycles. The molecule has 2 rings (SSSR count). The second kappa shape index (κ2) is 3.33. The summed E-state index contributed by atoms with van der Waals surface area (Å²) in [5, 5.41) is 0. The molecular formula is C12H14O. The summed E-state index contributed by atoms with van der Waals surface area (Å²) < 4.78 is 0. The molecule has 13 heavy (non-hydrogen) atoms. The highest BCUT2D eigenvalue weighted by atomic mass is 16.1. The maximum absolute atomic E-state index is 11.8. The van der Waals surface area contributed by atoms with Crippen LogP contribution >= 0.6 is 0 Å². The number of carbonyl (C=O) groups excluding carboxylic acids is 1. The first kappa shape index (κ1) is 8.49. The molecule has 1 aromatic carbocycles. The minimum absolute atomic E-state index is 0.212. The fourth-order valence-corrected chi connectivity index (χ4v) is 1.97. The first-order valence-electron chi connectivity index (χ1n) is 4.91. The van der Waals surface area contributed by atoms with Crippen molar-refractivity contribution < 1.29 is 4.79 Å². The van der Waals surface area contributed by atoms with Gasteiger partial charge in [-0.2, -0.15) is 0 Å². The van der Waals surface area contributed by atoms with Crippen molar-refractivity contribution >= 4 is 5.78 Å². The molecular weight excluding hydrogens is 160 g/mol. The smallest absolute Gasteiger partial charge is 0.165 e. The highest BCUT2D eigenvalue weighted by Crippen LogP contribution is 2.23. The number of hydrogen-bond donors (Lipinski definition) is 0. The zero-order chi connectivity index (χ0) is 9.26. The summed E-state index contributed by atoms with van der Waals surface area (Å²) in [6.07, 6.45) is 3.24. The number of benzene rings is 1. The zero-order valence-corrected chi connectivity index (χ0v) is 7.92. The molecule has 0 radical (unpaired) electrons. The van der Waals surface area contributed by atoms with Crippen molar-refractivity contribution in [3.8, 4) is 0 Å². The average Bonchev–Trinajstić information content (AvgIpc) is 2.29. The SMILES string of the molecule is C[C@H]1CCCc2ccccc2C1=O. The highest BCUT2D eigenvalue weighted by molar-refractivity contribution is 5.99. The minimum Gasteiger partial charge on any atom is -0.294 e. The van der Waals surface area contributed by atoms with Gasteiger partial charge in [-0.15, -0.1) is 0 Å². The van der Waals surface area contributed by atoms with Crippen molar-refractivity contribution in [3.05, 3.63) is 35.4 Å². The lowest BCUT2D eigenvalue weighted by Gasteiger charge is -2.06. The van der Waals surface area contributed by atoms with E-state index in [-0.39, 0.29) is 5.92 Å². The van der Waals surface area contributed by atoms with E-state index in [2.05, 4.69) is 6.07 Å². The van der Waals surface area contributed by atoms with Crippen molar-refractivity contribution in [2.75, 3.05) is 0 Å². The van der Waals surface area contributed by atoms with Crippen molar-refractivity contribution in [3.63, 3.8) is 0 Å². The number of ketones is 1. The third-order valence-electron chi connectivity index (χ3n) is 2.81. The molecule has 0 unspecified atom stereocenters. The van der Waals surface area contributed by atoms with Gasteiger partial charge in [-0.3, -0.25) is 4.79 Å². The molecule has 0 saturated heterocycles. The van der Waals surface area contributed by atoms with Crippen LogP contribution in [0.1, 0.15) is 35.7 Å². The van der Waals surface area contributed by atoms with Gasteiger partial charge in [0.1, 0.15) is 0 Å². The van der Waals surface area contributed by atoms with Crippen LogP contribution in [0, 0.1) is 5.92 Å². The maximum atomic E-state index is 11.8. The van der Waals surface area contributed by atoms with Crippen LogP contribution in [0.3, 0.4) is 0 Å². The average molecular weight is 174 g/mol. The number of carbonyl (C=O) groups is 1. The Balaban J connectivity index is 2.46. The number of hydrogen-bond acceptors (Lipinski definition) is 1. The van der Waals surface area contributed by atoms with Gasteiger partial charge in [-0.05, 0) is 24.8 Å². The van der Waals surface area contributed by atoms with Crippen molar-refractivity contribution in [2.24, 2.45) is 5.92 Å². The molecule has 0 fully saturated rings. The Bertz CT molecular complexity index is 328. The Morgan fingerprint density at radius 2 is 2.08 bits per heavy atom. The van der Waals surface area contributed by atoms with Crippen LogP contribution in [-0.2, 0) is 6.42 Å². The molecule has 0 bridgehead atoms. The fraction of sp³-hybridized carbons (Fsp3) is 0.417. The lowest BCUT2D eigenvalue weighted by atomic mass is 9.97. The predicted octanol–water partition coefficient (Wildman–Crippen LogP) is 2.84. The van der Waals surface area contributed by atoms with E-state index in [9.17, 15) is 4.79 Å². The summed E-state index contributed by atoms with van der Waals surface area (Å²) in [4.78, 5) is 11.8. The number of fused-ring (bicyclic) bond motifs is 1. The third kappa shape index (κ3) is 1.51. The van der Waals surface area contributed by atoms with Crippen LogP contribution < -0.4 is 0 Å². The predicted molar refractivity (Wildman–Crippen MR) is 52.9 cm³/mol. The largest absolute Gasteiger partial charge is 0.294 e. The van der Waals surface area contributed by atoms with E-state index in [1.54, 1.807) is 0 Å². The Labute approximate surface area is 78.8 Å². The lowest BCUT2D eigenvalue weighted by Crippen LogP contribution is -2.09. The normalized spacial score (nSPS) is 22.2. The van der Waals surface area contributed by atoms with Crippen LogP contribution in [0.4, 0.5) is 0 Å². The standard InChI is InChI=1S/C12H14O/c1-9-5-4-7-10-6-2-3-8-11(10)12(9)13/h2-3,6,8-9H,4-5,7H2,1H3/t9-/m0/s1. The Morgan fingerprint density at radius 3 is 2.92 bits per heavy atom. The molecule has 0 N–H and O–H groups in total. The van der Waals surface area contributed by atoms with Crippen LogP contribution in [0.5, 0.6) is 0 Å². The first-order valence-corrected chi connectivity index (χ1v) is 4.91. The fourth-order valence-electron chi connectivity index (χ4n) is 1.97. The van der Waals surface area contributed by atoms with Gasteiger partial charge in [-0.25, -0.2) is 0 Å². The molecule has 1 atom stereocenters. The first-order chi connectivity index (χ1) is 6.29. The molecule has 1 nitrogen and oxygen atoms in total. The van der Waals surface area contributed by atoms with Crippen LogP contribution in [0.15, 0.2) is 24.3 Å². The molecule has 0 aliphatic heterocycles. The Kier molecular flexibility index (Phi) is 2.17. The van der Waals surface area contributed by atoms with Gasteiger partial charge < -0.3 is 0 Å². The third-order valence-corrected chi connectivity index (χ3v) is 2.81. The summed E-state index contributed by atoms with van der Waals surface area (Å²) in [7, 11) is 0. The topological polar surface area (TPSA) is 17.1 Å². The Hall–Kier alpha value is -1.11. The van der Waals surface area contributed by atoms with Gasteiger partial charge in [0.25, 0.3) is 0 Å². The highest BCUT2D eigenvalue weighted by Gasteiger charge is 2.20. The number of aryl methyl sites for hydroxylation is 1. The van der Waals surface area contributed by atoms with E-state index in [1.807, 2.05) is 25.1 Å². The lowest BCUT2D eigenvalue weighted by molar-refractivity contribution is 0.0927. The Morgan fingerprint density at radius 1 is 1.31 bits per heavy atom. The van der Waals surface area contributed by atoms with Gasteiger partial charge in [0.2, 0.25) is 0 Å². The van der Waals surface area contributed by atoms with E-state index >= 15 is 0 Å². The monoisotopic (exact) mass is 174 g/mol. The summed E-state index contributed by atoms with van der Waals surface area (Å²) in [6.45, 7) is 2.03. The second-order valence-corrected chi connectivity index (χ2v) is 3.81. The summed E-state index contributed by atoms with van der Waals surface area (Å²) >= 11 is 0. The van der Waals surface area contributed by atoms with Crippen molar-refractivity contribution in [1.82, 2.24) is 0 Å². The van der Waals surface area contributed by atoms with E-state index in [0.717, 1.165) is 24.8 Å². The minimum atomic E-state index is 0.212. The van der Waals surface area contributed by atoms with Gasteiger partial charge >= 0.3 is 0 Å². The molecule has 0 aromatic heterocycles. The van der Waals surface area contributed by atoms with Crippen LogP contribution in [0.2, 0.25) is 0 Å². The van der Waals surface area contributed by atoms with Crippen LogP contribution in [-0.4, -0.2) is 5.78 Å². The molecule has 0 saturated carbocycles. The van der Waals surface area contributed by atoms with E-state index in [4.69, 9.17) is 0 Å². The molecule has 1 heteroatoms. The van der Waals surface area contributed by atoms with Gasteiger partial charge in [0, 0.05) is 11.5 Å². The van der Waals surface area contributed by atoms with Crippen LogP contribution in [0.25, 0.3) is 0 Å². The number of rotatable bonds is 0. The van der Waals surface area contributed by atoms with E-state index in [1.165, 1.54) is 5.56 Å². The van der Waals surface area contributed by atoms with Crippen molar-refractivity contribution in [1.29, 1.82) is 0 Å². The molecule has 1 aliphatic rings. The molecule has 68 valence electrons. The summed E-state index contributed by atoms with van der Waals surface area (Å²) in [6, 6.07) is 8.00. The molecule has 1 aromatic rings.